The molecule has 4 heteroatoms. The molecule has 2 rings (SSSR count). The van der Waals surface area contributed by atoms with E-state index in [1.54, 1.807) is 0 Å². The molecule has 0 spiro atoms. The van der Waals surface area contributed by atoms with Gasteiger partial charge in [0.2, 0.25) is 0 Å². The van der Waals surface area contributed by atoms with Gasteiger partial charge in [-0.3, -0.25) is 4.79 Å². The lowest BCUT2D eigenvalue weighted by atomic mass is 10.0. The van der Waals surface area contributed by atoms with Crippen LogP contribution in [0.1, 0.15) is 38.2 Å². The van der Waals surface area contributed by atoms with Crippen LogP contribution in [-0.4, -0.2) is 17.0 Å². The molecule has 18 heavy (non-hydrogen) atoms. The molecule has 1 fully saturated rings. The van der Waals surface area contributed by atoms with E-state index in [1.807, 2.05) is 23.9 Å². The second-order valence-electron chi connectivity index (χ2n) is 6.36. The molecular formula is C14H21BrN2O. The fraction of sp³-hybridized carbons (Fsp3) is 0.643. The van der Waals surface area contributed by atoms with Crippen LogP contribution in [-0.2, 0) is 7.05 Å². The van der Waals surface area contributed by atoms with Crippen molar-refractivity contribution in [2.75, 3.05) is 6.54 Å². The highest BCUT2D eigenvalue weighted by Gasteiger charge is 2.64. The van der Waals surface area contributed by atoms with Gasteiger partial charge in [0.1, 0.15) is 5.69 Å². The number of amides is 1. The molecule has 0 atom stereocenters. The topological polar surface area (TPSA) is 34.0 Å². The number of carbonyl (C=O) groups excluding carboxylic acids is 1. The van der Waals surface area contributed by atoms with E-state index in [-0.39, 0.29) is 5.91 Å². The van der Waals surface area contributed by atoms with E-state index in [2.05, 4.69) is 48.9 Å². The predicted molar refractivity (Wildman–Crippen MR) is 76.5 cm³/mol. The van der Waals surface area contributed by atoms with Gasteiger partial charge in [0, 0.05) is 24.3 Å². The van der Waals surface area contributed by atoms with Gasteiger partial charge in [0.05, 0.1) is 0 Å². The molecule has 1 heterocycles. The Balaban J connectivity index is 1.97. The summed E-state index contributed by atoms with van der Waals surface area (Å²) < 4.78 is 2.77. The minimum atomic E-state index is 0.00157. The fourth-order valence-corrected chi connectivity index (χ4v) is 3.40. The number of aryl methyl sites for hydroxylation is 1. The molecule has 1 aliphatic carbocycles. The summed E-state index contributed by atoms with van der Waals surface area (Å²) in [7, 11) is 1.88. The van der Waals surface area contributed by atoms with Crippen LogP contribution in [0.25, 0.3) is 0 Å². The number of nitrogens with one attached hydrogen (secondary N) is 1. The summed E-state index contributed by atoms with van der Waals surface area (Å²) in [5.41, 5.74) is 1.32. The Bertz CT molecular complexity index is 474. The molecule has 1 aromatic rings. The first kappa shape index (κ1) is 13.7. The molecule has 0 radical (unpaired) electrons. The molecule has 100 valence electrons. The second-order valence-corrected chi connectivity index (χ2v) is 7.28. The summed E-state index contributed by atoms with van der Waals surface area (Å²) in [6.45, 7) is 9.82. The minimum absolute atomic E-state index is 0.00157. The van der Waals surface area contributed by atoms with Gasteiger partial charge in [-0.1, -0.05) is 27.7 Å². The van der Waals surface area contributed by atoms with Gasteiger partial charge in [-0.2, -0.15) is 0 Å². The van der Waals surface area contributed by atoms with E-state index in [0.29, 0.717) is 22.4 Å². The van der Waals surface area contributed by atoms with Crippen molar-refractivity contribution in [3.05, 3.63) is 22.4 Å². The van der Waals surface area contributed by atoms with Crippen LogP contribution in [0.2, 0.25) is 0 Å². The average Bonchev–Trinajstić information content (AvgIpc) is 2.54. The fourth-order valence-electron chi connectivity index (χ4n) is 2.88. The van der Waals surface area contributed by atoms with E-state index in [9.17, 15) is 4.79 Å². The molecule has 0 unspecified atom stereocenters. The summed E-state index contributed by atoms with van der Waals surface area (Å²) in [6.07, 6.45) is 1.89. The molecule has 0 saturated heterocycles. The van der Waals surface area contributed by atoms with Crippen LogP contribution >= 0.6 is 15.9 Å². The zero-order valence-electron chi connectivity index (χ0n) is 11.7. The summed E-state index contributed by atoms with van der Waals surface area (Å²) in [5.74, 6) is 0.555. The van der Waals surface area contributed by atoms with Gasteiger partial charge < -0.3 is 9.88 Å². The van der Waals surface area contributed by atoms with E-state index in [0.717, 1.165) is 11.0 Å². The largest absolute Gasteiger partial charge is 0.350 e. The molecule has 3 nitrogen and oxygen atoms in total. The quantitative estimate of drug-likeness (QED) is 0.913. The van der Waals surface area contributed by atoms with Gasteiger partial charge in [-0.05, 0) is 38.7 Å². The summed E-state index contributed by atoms with van der Waals surface area (Å²) in [5, 5.41) is 3.05. The van der Waals surface area contributed by atoms with E-state index in [1.165, 1.54) is 0 Å². The van der Waals surface area contributed by atoms with Crippen LogP contribution in [0.5, 0.6) is 0 Å². The van der Waals surface area contributed by atoms with Crippen LogP contribution in [0.3, 0.4) is 0 Å². The first-order valence-electron chi connectivity index (χ1n) is 6.28. The molecule has 1 aromatic heterocycles. The lowest BCUT2D eigenvalue weighted by molar-refractivity contribution is 0.0942. The first-order valence-corrected chi connectivity index (χ1v) is 7.07. The molecule has 0 bridgehead atoms. The number of hydrogen-bond acceptors (Lipinski definition) is 1. The van der Waals surface area contributed by atoms with Crippen LogP contribution in [0.15, 0.2) is 16.7 Å². The normalized spacial score (nSPS) is 20.8. The monoisotopic (exact) mass is 312 g/mol. The van der Waals surface area contributed by atoms with Crippen LogP contribution in [0.4, 0.5) is 0 Å². The van der Waals surface area contributed by atoms with Gasteiger partial charge in [0.25, 0.3) is 5.91 Å². The molecule has 0 aliphatic heterocycles. The third-order valence-electron chi connectivity index (χ3n) is 4.99. The second kappa shape index (κ2) is 4.12. The lowest BCUT2D eigenvalue weighted by Gasteiger charge is -2.07. The van der Waals surface area contributed by atoms with Crippen LogP contribution in [0, 0.1) is 16.7 Å². The highest BCUT2D eigenvalue weighted by Crippen LogP contribution is 2.67. The average molecular weight is 313 g/mol. The summed E-state index contributed by atoms with van der Waals surface area (Å²) in [4.78, 5) is 12.1. The maximum Gasteiger partial charge on any atom is 0.267 e. The Kier molecular flexibility index (Phi) is 3.13. The standard InChI is InChI=1S/C14H21BrN2O/c1-13(2)11(14(13,3)4)7-16-12(18)10-6-9(15)8-17(10)5/h6,8,11H,7H2,1-5H3,(H,16,18). The number of aromatic nitrogens is 1. The summed E-state index contributed by atoms with van der Waals surface area (Å²) in [6, 6.07) is 1.85. The van der Waals surface area contributed by atoms with Gasteiger partial charge in [-0.15, -0.1) is 0 Å². The Morgan fingerprint density at radius 2 is 1.94 bits per heavy atom. The SMILES string of the molecule is Cn1cc(Br)cc1C(=O)NCC1C(C)(C)C1(C)C. The van der Waals surface area contributed by atoms with Crippen LogP contribution < -0.4 is 5.32 Å². The van der Waals surface area contributed by atoms with Crippen molar-refractivity contribution in [1.82, 2.24) is 9.88 Å². The molecule has 1 saturated carbocycles. The highest BCUT2D eigenvalue weighted by molar-refractivity contribution is 9.10. The van der Waals surface area contributed by atoms with Gasteiger partial charge in [0.15, 0.2) is 0 Å². The van der Waals surface area contributed by atoms with E-state index < -0.39 is 0 Å². The van der Waals surface area contributed by atoms with Crippen molar-refractivity contribution >= 4 is 21.8 Å². The summed E-state index contributed by atoms with van der Waals surface area (Å²) >= 11 is 3.38. The van der Waals surface area contributed by atoms with Crippen molar-refractivity contribution in [2.45, 2.75) is 27.7 Å². The Hall–Kier alpha value is -0.770. The van der Waals surface area contributed by atoms with Crippen molar-refractivity contribution in [3.8, 4) is 0 Å². The molecule has 1 amide bonds. The smallest absolute Gasteiger partial charge is 0.267 e. The van der Waals surface area contributed by atoms with Crippen molar-refractivity contribution in [2.24, 2.45) is 23.8 Å². The molecule has 0 aromatic carbocycles. The Morgan fingerprint density at radius 1 is 1.39 bits per heavy atom. The van der Waals surface area contributed by atoms with Gasteiger partial charge >= 0.3 is 0 Å². The van der Waals surface area contributed by atoms with Crippen molar-refractivity contribution in [1.29, 1.82) is 0 Å². The van der Waals surface area contributed by atoms with E-state index >= 15 is 0 Å². The maximum atomic E-state index is 12.1. The zero-order chi connectivity index (χ0) is 13.7. The molecule has 1 N–H and O–H groups in total. The Labute approximate surface area is 117 Å². The number of nitrogens with zero attached hydrogens (tertiary/aromatic N) is 1. The number of carbonyl (C=O) groups is 1. The van der Waals surface area contributed by atoms with Crippen molar-refractivity contribution in [3.63, 3.8) is 0 Å². The maximum absolute atomic E-state index is 12.1. The Morgan fingerprint density at radius 3 is 2.33 bits per heavy atom. The zero-order valence-corrected chi connectivity index (χ0v) is 13.3. The number of hydrogen-bond donors (Lipinski definition) is 1. The molecule has 1 aliphatic rings. The highest BCUT2D eigenvalue weighted by atomic mass is 79.9. The van der Waals surface area contributed by atoms with E-state index in [4.69, 9.17) is 0 Å². The van der Waals surface area contributed by atoms with Gasteiger partial charge in [-0.25, -0.2) is 0 Å². The third-order valence-corrected chi connectivity index (χ3v) is 5.42. The van der Waals surface area contributed by atoms with Crippen molar-refractivity contribution < 1.29 is 4.79 Å². The predicted octanol–water partition coefficient (Wildman–Crippen LogP) is 3.20. The first-order chi connectivity index (χ1) is 8.18. The lowest BCUT2D eigenvalue weighted by Crippen LogP contribution is -2.28. The molecular weight excluding hydrogens is 292 g/mol. The minimum Gasteiger partial charge on any atom is -0.350 e. The third kappa shape index (κ3) is 2.00. The number of halogens is 1. The number of rotatable bonds is 3.